The van der Waals surface area contributed by atoms with Crippen molar-refractivity contribution in [1.82, 2.24) is 10.3 Å². The van der Waals surface area contributed by atoms with Crippen LogP contribution >= 0.6 is 0 Å². The molecule has 1 heterocycles. The fourth-order valence-corrected chi connectivity index (χ4v) is 2.17. The van der Waals surface area contributed by atoms with E-state index in [1.54, 1.807) is 18.2 Å². The maximum absolute atomic E-state index is 12.2. The average Bonchev–Trinajstić information content (AvgIpc) is 3.14. The molecule has 6 heteroatoms. The number of benzene rings is 1. The van der Waals surface area contributed by atoms with Gasteiger partial charge in [-0.15, -0.1) is 0 Å². The van der Waals surface area contributed by atoms with E-state index in [0.29, 0.717) is 10.9 Å². The number of ether oxygens (including phenoxy) is 1. The molecule has 0 bridgehead atoms. The molecule has 0 spiro atoms. The van der Waals surface area contributed by atoms with Crippen LogP contribution in [0.4, 0.5) is 0 Å². The van der Waals surface area contributed by atoms with Gasteiger partial charge in [0.2, 0.25) is 0 Å². The molecule has 0 unspecified atom stereocenters. The number of fused-ring (bicyclic) bond motifs is 1. The van der Waals surface area contributed by atoms with Crippen LogP contribution in [-0.4, -0.2) is 28.7 Å². The third-order valence-corrected chi connectivity index (χ3v) is 3.28. The van der Waals surface area contributed by atoms with Gasteiger partial charge >= 0.3 is 5.97 Å². The molecule has 0 saturated heterocycles. The average molecular weight is 286 g/mol. The molecule has 0 aliphatic heterocycles. The molecular weight excluding hydrogens is 272 g/mol. The highest BCUT2D eigenvalue weighted by molar-refractivity contribution is 6.45. The second kappa shape index (κ2) is 5.05. The van der Waals surface area contributed by atoms with Crippen molar-refractivity contribution in [3.05, 3.63) is 30.0 Å². The van der Waals surface area contributed by atoms with Crippen LogP contribution in [0.3, 0.4) is 0 Å². The van der Waals surface area contributed by atoms with Crippen LogP contribution in [0.25, 0.3) is 10.9 Å². The summed E-state index contributed by atoms with van der Waals surface area (Å²) in [5, 5.41) is 3.10. The van der Waals surface area contributed by atoms with Crippen molar-refractivity contribution in [1.29, 1.82) is 0 Å². The lowest BCUT2D eigenvalue weighted by atomic mass is 10.1. The van der Waals surface area contributed by atoms with Crippen molar-refractivity contribution in [3.63, 3.8) is 0 Å². The maximum Gasteiger partial charge on any atom is 0.308 e. The Bertz CT molecular complexity index is 743. The number of esters is 1. The van der Waals surface area contributed by atoms with Crippen molar-refractivity contribution < 1.29 is 19.1 Å². The number of aromatic amines is 1. The maximum atomic E-state index is 12.2. The Morgan fingerprint density at radius 2 is 2.05 bits per heavy atom. The molecule has 108 valence electrons. The second-order valence-corrected chi connectivity index (χ2v) is 5.05. The lowest BCUT2D eigenvalue weighted by Gasteiger charge is -2.05. The Labute approximate surface area is 120 Å². The van der Waals surface area contributed by atoms with Gasteiger partial charge in [-0.2, -0.15) is 0 Å². The van der Waals surface area contributed by atoms with E-state index in [0.717, 1.165) is 12.8 Å². The van der Waals surface area contributed by atoms with Crippen molar-refractivity contribution >= 4 is 28.6 Å². The first kappa shape index (κ1) is 13.4. The number of aromatic nitrogens is 1. The molecule has 3 rings (SSSR count). The Hall–Kier alpha value is -2.63. The highest BCUT2D eigenvalue weighted by atomic mass is 16.5. The van der Waals surface area contributed by atoms with Crippen molar-refractivity contribution in [3.8, 4) is 5.75 Å². The van der Waals surface area contributed by atoms with Gasteiger partial charge < -0.3 is 15.0 Å². The van der Waals surface area contributed by atoms with Gasteiger partial charge in [-0.25, -0.2) is 0 Å². The zero-order chi connectivity index (χ0) is 15.0. The predicted octanol–water partition coefficient (Wildman–Crippen LogP) is 1.55. The fourth-order valence-electron chi connectivity index (χ4n) is 2.17. The summed E-state index contributed by atoms with van der Waals surface area (Å²) in [6, 6.07) is 5.15. The molecule has 1 aromatic heterocycles. The molecule has 2 aromatic rings. The highest BCUT2D eigenvalue weighted by Crippen LogP contribution is 2.29. The minimum absolute atomic E-state index is 0.111. The lowest BCUT2D eigenvalue weighted by molar-refractivity contribution is -0.131. The van der Waals surface area contributed by atoms with Crippen LogP contribution in [0, 0.1) is 0 Å². The van der Waals surface area contributed by atoms with Gasteiger partial charge in [0.25, 0.3) is 11.7 Å². The zero-order valence-corrected chi connectivity index (χ0v) is 11.4. The first-order valence-corrected chi connectivity index (χ1v) is 6.70. The van der Waals surface area contributed by atoms with Gasteiger partial charge in [0, 0.05) is 24.7 Å². The normalized spacial score (nSPS) is 14.0. The summed E-state index contributed by atoms with van der Waals surface area (Å²) in [4.78, 5) is 38.2. The van der Waals surface area contributed by atoms with Gasteiger partial charge in [-0.3, -0.25) is 14.4 Å². The van der Waals surface area contributed by atoms with Crippen molar-refractivity contribution in [2.24, 2.45) is 0 Å². The van der Waals surface area contributed by atoms with E-state index in [2.05, 4.69) is 10.3 Å². The molecule has 1 saturated carbocycles. The minimum Gasteiger partial charge on any atom is -0.426 e. The Morgan fingerprint density at radius 1 is 1.29 bits per heavy atom. The van der Waals surface area contributed by atoms with Crippen LogP contribution in [0.15, 0.2) is 24.4 Å². The van der Waals surface area contributed by atoms with Crippen LogP contribution in [0.2, 0.25) is 0 Å². The predicted molar refractivity (Wildman–Crippen MR) is 75.1 cm³/mol. The number of Topliss-reactive ketones (excluding diaryl/α,β-unsaturated/α-hetero) is 1. The first-order chi connectivity index (χ1) is 10.1. The molecule has 0 atom stereocenters. The van der Waals surface area contributed by atoms with Gasteiger partial charge in [0.05, 0.1) is 10.9 Å². The number of rotatable bonds is 4. The van der Waals surface area contributed by atoms with E-state index in [4.69, 9.17) is 4.74 Å². The molecule has 6 nitrogen and oxygen atoms in total. The van der Waals surface area contributed by atoms with E-state index >= 15 is 0 Å². The Balaban J connectivity index is 1.99. The summed E-state index contributed by atoms with van der Waals surface area (Å²) < 4.78 is 5.11. The summed E-state index contributed by atoms with van der Waals surface area (Å²) >= 11 is 0. The highest BCUT2D eigenvalue weighted by Gasteiger charge is 2.28. The molecule has 21 heavy (non-hydrogen) atoms. The summed E-state index contributed by atoms with van der Waals surface area (Å²) in [6.07, 6.45) is 3.28. The lowest BCUT2D eigenvalue weighted by Crippen LogP contribution is -2.32. The van der Waals surface area contributed by atoms with Gasteiger partial charge in [-0.05, 0) is 25.0 Å². The molecule has 1 fully saturated rings. The minimum atomic E-state index is -0.632. The van der Waals surface area contributed by atoms with Crippen molar-refractivity contribution in [2.45, 2.75) is 25.8 Å². The van der Waals surface area contributed by atoms with E-state index in [1.165, 1.54) is 13.1 Å². The summed E-state index contributed by atoms with van der Waals surface area (Å²) in [7, 11) is 0. The van der Waals surface area contributed by atoms with Crippen LogP contribution < -0.4 is 10.1 Å². The van der Waals surface area contributed by atoms with Crippen molar-refractivity contribution in [2.75, 3.05) is 0 Å². The second-order valence-electron chi connectivity index (χ2n) is 5.05. The van der Waals surface area contributed by atoms with Gasteiger partial charge in [0.15, 0.2) is 0 Å². The summed E-state index contributed by atoms with van der Waals surface area (Å²) in [5.41, 5.74) is 0.844. The Kier molecular flexibility index (Phi) is 3.21. The summed E-state index contributed by atoms with van der Waals surface area (Å²) in [5.74, 6) is -1.47. The van der Waals surface area contributed by atoms with Gasteiger partial charge in [-0.1, -0.05) is 6.07 Å². The van der Waals surface area contributed by atoms with E-state index in [9.17, 15) is 14.4 Å². The molecule has 1 aliphatic rings. The number of hydrogen-bond acceptors (Lipinski definition) is 4. The number of nitrogens with one attached hydrogen (secondary N) is 2. The number of ketones is 1. The van der Waals surface area contributed by atoms with Crippen LogP contribution in [0.1, 0.15) is 30.1 Å². The molecule has 0 radical (unpaired) electrons. The van der Waals surface area contributed by atoms with Crippen LogP contribution in [-0.2, 0) is 9.59 Å². The monoisotopic (exact) mass is 286 g/mol. The first-order valence-electron chi connectivity index (χ1n) is 6.70. The topological polar surface area (TPSA) is 88.3 Å². The largest absolute Gasteiger partial charge is 0.426 e. The molecule has 2 N–H and O–H groups in total. The molecule has 1 amide bonds. The summed E-state index contributed by atoms with van der Waals surface area (Å²) in [6.45, 7) is 1.28. The molecule has 1 aromatic carbocycles. The van der Waals surface area contributed by atoms with E-state index in [-0.39, 0.29) is 17.4 Å². The molecular formula is C15H14N2O4. The molecule has 1 aliphatic carbocycles. The smallest absolute Gasteiger partial charge is 0.308 e. The number of carbonyl (C=O) groups excluding carboxylic acids is 3. The van der Waals surface area contributed by atoms with E-state index < -0.39 is 17.7 Å². The number of hydrogen-bond donors (Lipinski definition) is 2. The third kappa shape index (κ3) is 2.65. The Morgan fingerprint density at radius 3 is 2.71 bits per heavy atom. The van der Waals surface area contributed by atoms with E-state index in [1.807, 2.05) is 0 Å². The number of amides is 1. The third-order valence-electron chi connectivity index (χ3n) is 3.28. The number of carbonyl (C=O) groups is 3. The standard InChI is InChI=1S/C15H14N2O4/c1-8(18)21-12-4-2-3-11-13(12)10(7-16-11)14(19)15(20)17-9-5-6-9/h2-4,7,9,16H,5-6H2,1H3,(H,17,20). The zero-order valence-electron chi connectivity index (χ0n) is 11.4. The van der Waals surface area contributed by atoms with Crippen LogP contribution in [0.5, 0.6) is 5.75 Å². The fraction of sp³-hybridized carbons (Fsp3) is 0.267. The van der Waals surface area contributed by atoms with Gasteiger partial charge in [0.1, 0.15) is 5.75 Å². The number of H-pyrrole nitrogens is 1. The SMILES string of the molecule is CC(=O)Oc1cccc2[nH]cc(C(=O)C(=O)NC3CC3)c12. The quantitative estimate of drug-likeness (QED) is 0.386.